The molecule has 0 bridgehead atoms. The second-order valence-electron chi connectivity index (χ2n) is 7.13. The summed E-state index contributed by atoms with van der Waals surface area (Å²) in [6, 6.07) is 16.2. The van der Waals surface area contributed by atoms with Crippen molar-refractivity contribution in [3.8, 4) is 0 Å². The van der Waals surface area contributed by atoms with Gasteiger partial charge in [0.2, 0.25) is 5.91 Å². The van der Waals surface area contributed by atoms with Crippen LogP contribution in [0.15, 0.2) is 53.5 Å². The lowest BCUT2D eigenvalue weighted by Gasteiger charge is -2.11. The van der Waals surface area contributed by atoms with E-state index in [9.17, 15) is 4.79 Å². The molecule has 152 valence electrons. The highest BCUT2D eigenvalue weighted by atomic mass is 16.1. The SMILES string of the molecule is Cc1nnc2ccc3c(cc(C(=N)CC=NCCC(N)=O)n3Cc3ccccc3)n12. The predicted octanol–water partition coefficient (Wildman–Crippen LogP) is 2.74. The molecule has 0 fully saturated rings. The molecule has 0 saturated heterocycles. The molecule has 4 rings (SSSR count). The largest absolute Gasteiger partial charge is 0.370 e. The van der Waals surface area contributed by atoms with Gasteiger partial charge >= 0.3 is 0 Å². The second-order valence-corrected chi connectivity index (χ2v) is 7.13. The van der Waals surface area contributed by atoms with Crippen molar-refractivity contribution in [2.75, 3.05) is 6.54 Å². The number of aromatic nitrogens is 4. The summed E-state index contributed by atoms with van der Waals surface area (Å²) in [7, 11) is 0. The van der Waals surface area contributed by atoms with Gasteiger partial charge in [0.05, 0.1) is 22.4 Å². The van der Waals surface area contributed by atoms with E-state index >= 15 is 0 Å². The smallest absolute Gasteiger partial charge is 0.219 e. The average molecular weight is 401 g/mol. The van der Waals surface area contributed by atoms with E-state index in [1.807, 2.05) is 47.7 Å². The van der Waals surface area contributed by atoms with Crippen molar-refractivity contribution in [1.29, 1.82) is 5.41 Å². The number of nitrogens with one attached hydrogen (secondary N) is 1. The molecule has 8 heteroatoms. The third kappa shape index (κ3) is 3.84. The van der Waals surface area contributed by atoms with Gasteiger partial charge in [-0.05, 0) is 30.7 Å². The summed E-state index contributed by atoms with van der Waals surface area (Å²) in [6.45, 7) is 2.91. The number of pyridine rings is 1. The normalized spacial score (nSPS) is 11.6. The van der Waals surface area contributed by atoms with Gasteiger partial charge in [-0.25, -0.2) is 0 Å². The first-order valence-corrected chi connectivity index (χ1v) is 9.77. The Hall–Kier alpha value is -3.81. The minimum absolute atomic E-state index is 0.211. The van der Waals surface area contributed by atoms with E-state index in [2.05, 4.69) is 31.9 Å². The molecule has 0 atom stereocenters. The van der Waals surface area contributed by atoms with Crippen molar-refractivity contribution in [3.63, 3.8) is 0 Å². The third-order valence-electron chi connectivity index (χ3n) is 5.00. The summed E-state index contributed by atoms with van der Waals surface area (Å²) < 4.78 is 4.15. The van der Waals surface area contributed by atoms with Gasteiger partial charge in [0, 0.05) is 32.1 Å². The van der Waals surface area contributed by atoms with Gasteiger partial charge in [-0.2, -0.15) is 0 Å². The zero-order valence-corrected chi connectivity index (χ0v) is 16.7. The fourth-order valence-electron chi connectivity index (χ4n) is 3.55. The summed E-state index contributed by atoms with van der Waals surface area (Å²) in [4.78, 5) is 15.0. The van der Waals surface area contributed by atoms with E-state index in [4.69, 9.17) is 11.1 Å². The van der Waals surface area contributed by atoms with E-state index in [0.717, 1.165) is 33.8 Å². The van der Waals surface area contributed by atoms with Crippen LogP contribution in [-0.4, -0.2) is 43.5 Å². The van der Waals surface area contributed by atoms with Crippen molar-refractivity contribution in [3.05, 3.63) is 65.6 Å². The number of fused-ring (bicyclic) bond motifs is 3. The van der Waals surface area contributed by atoms with Crippen molar-refractivity contribution in [2.24, 2.45) is 10.7 Å². The first-order valence-electron chi connectivity index (χ1n) is 9.77. The molecule has 0 saturated carbocycles. The molecule has 0 aliphatic carbocycles. The first kappa shape index (κ1) is 19.5. The van der Waals surface area contributed by atoms with Crippen molar-refractivity contribution >= 4 is 34.5 Å². The van der Waals surface area contributed by atoms with E-state index < -0.39 is 0 Å². The summed E-state index contributed by atoms with van der Waals surface area (Å²) >= 11 is 0. The van der Waals surface area contributed by atoms with Crippen LogP contribution in [0, 0.1) is 12.3 Å². The van der Waals surface area contributed by atoms with Crippen LogP contribution in [0.25, 0.3) is 16.7 Å². The molecule has 0 aliphatic heterocycles. The minimum Gasteiger partial charge on any atom is -0.370 e. The number of carbonyl (C=O) groups is 1. The number of primary amides is 1. The molecule has 0 radical (unpaired) electrons. The Balaban J connectivity index is 1.74. The van der Waals surface area contributed by atoms with Crippen LogP contribution < -0.4 is 5.73 Å². The van der Waals surface area contributed by atoms with Gasteiger partial charge in [0.15, 0.2) is 5.65 Å². The summed E-state index contributed by atoms with van der Waals surface area (Å²) in [5.41, 5.74) is 10.3. The van der Waals surface area contributed by atoms with Gasteiger partial charge in [-0.1, -0.05) is 30.3 Å². The quantitative estimate of drug-likeness (QED) is 0.442. The van der Waals surface area contributed by atoms with Gasteiger partial charge in [-0.3, -0.25) is 14.2 Å². The van der Waals surface area contributed by atoms with E-state index in [0.29, 0.717) is 25.2 Å². The molecule has 3 N–H and O–H groups in total. The second kappa shape index (κ2) is 8.28. The Morgan fingerprint density at radius 1 is 1.17 bits per heavy atom. The number of nitrogens with two attached hydrogens (primary N) is 1. The molecule has 4 aromatic rings. The maximum atomic E-state index is 10.8. The highest BCUT2D eigenvalue weighted by Crippen LogP contribution is 2.24. The number of aryl methyl sites for hydroxylation is 1. The Kier molecular flexibility index (Phi) is 5.38. The number of nitrogens with zero attached hydrogens (tertiary/aromatic N) is 5. The zero-order valence-electron chi connectivity index (χ0n) is 16.7. The number of hydrogen-bond acceptors (Lipinski definition) is 5. The lowest BCUT2D eigenvalue weighted by atomic mass is 10.2. The monoisotopic (exact) mass is 401 g/mol. The Morgan fingerprint density at radius 2 is 1.97 bits per heavy atom. The van der Waals surface area contributed by atoms with Crippen LogP contribution >= 0.6 is 0 Å². The lowest BCUT2D eigenvalue weighted by Crippen LogP contribution is -2.12. The van der Waals surface area contributed by atoms with Gasteiger partial charge in [0.25, 0.3) is 0 Å². The van der Waals surface area contributed by atoms with E-state index in [1.165, 1.54) is 0 Å². The fraction of sp³-hybridized carbons (Fsp3) is 0.227. The van der Waals surface area contributed by atoms with Crippen molar-refractivity contribution < 1.29 is 4.79 Å². The van der Waals surface area contributed by atoms with Gasteiger partial charge in [0.1, 0.15) is 5.82 Å². The Labute approximate surface area is 173 Å². The number of benzene rings is 1. The molecular weight excluding hydrogens is 378 g/mol. The van der Waals surface area contributed by atoms with Crippen LogP contribution in [0.2, 0.25) is 0 Å². The molecule has 8 nitrogen and oxygen atoms in total. The predicted molar refractivity (Wildman–Crippen MR) is 117 cm³/mol. The fourth-order valence-corrected chi connectivity index (χ4v) is 3.55. The van der Waals surface area contributed by atoms with Gasteiger partial charge in [-0.15, -0.1) is 10.2 Å². The van der Waals surface area contributed by atoms with Crippen LogP contribution in [-0.2, 0) is 11.3 Å². The molecule has 30 heavy (non-hydrogen) atoms. The van der Waals surface area contributed by atoms with E-state index in [1.54, 1.807) is 6.21 Å². The summed E-state index contributed by atoms with van der Waals surface area (Å²) in [5.74, 6) is 0.428. The maximum Gasteiger partial charge on any atom is 0.219 e. The van der Waals surface area contributed by atoms with Gasteiger partial charge < -0.3 is 15.7 Å². The minimum atomic E-state index is -0.376. The van der Waals surface area contributed by atoms with Crippen LogP contribution in [0.1, 0.15) is 29.9 Å². The number of carbonyl (C=O) groups excluding carboxylic acids is 1. The summed E-state index contributed by atoms with van der Waals surface area (Å²) in [6.07, 6.45) is 2.26. The number of hydrogen-bond donors (Lipinski definition) is 2. The Bertz CT molecular complexity index is 1250. The molecule has 0 unspecified atom stereocenters. The highest BCUT2D eigenvalue weighted by Gasteiger charge is 2.16. The average Bonchev–Trinajstić information content (AvgIpc) is 3.29. The molecule has 1 amide bonds. The third-order valence-corrected chi connectivity index (χ3v) is 5.00. The molecule has 0 aliphatic rings. The molecule has 3 aromatic heterocycles. The lowest BCUT2D eigenvalue weighted by molar-refractivity contribution is -0.117. The topological polar surface area (TPSA) is 114 Å². The van der Waals surface area contributed by atoms with Crippen LogP contribution in [0.3, 0.4) is 0 Å². The first-order chi connectivity index (χ1) is 14.5. The Morgan fingerprint density at radius 3 is 2.73 bits per heavy atom. The van der Waals surface area contributed by atoms with Crippen molar-refractivity contribution in [2.45, 2.75) is 26.3 Å². The molecule has 0 spiro atoms. The maximum absolute atomic E-state index is 10.8. The number of amides is 1. The standard InChI is InChI=1S/C22H23N7O/c1-15-26-27-22-8-7-18-20(29(15)22)13-19(17(23)9-11-25-12-10-21(24)30)28(18)14-16-5-3-2-4-6-16/h2-8,11,13,23H,9-10,12,14H2,1H3,(H2,24,30). The molecular formula is C22H23N7O. The number of aliphatic imine (C=N–C) groups is 1. The summed E-state index contributed by atoms with van der Waals surface area (Å²) in [5, 5.41) is 17.1. The highest BCUT2D eigenvalue weighted by molar-refractivity contribution is 6.07. The van der Waals surface area contributed by atoms with Crippen LogP contribution in [0.4, 0.5) is 0 Å². The van der Waals surface area contributed by atoms with E-state index in [-0.39, 0.29) is 12.3 Å². The zero-order chi connectivity index (χ0) is 21.1. The van der Waals surface area contributed by atoms with Crippen LogP contribution in [0.5, 0.6) is 0 Å². The number of rotatable bonds is 8. The molecule has 1 aromatic carbocycles. The molecule has 3 heterocycles. The van der Waals surface area contributed by atoms with Crippen molar-refractivity contribution in [1.82, 2.24) is 19.2 Å².